The predicted molar refractivity (Wildman–Crippen MR) is 141 cm³/mol. The van der Waals surface area contributed by atoms with Gasteiger partial charge < -0.3 is 11.5 Å². The van der Waals surface area contributed by atoms with Gasteiger partial charge in [0.25, 0.3) is 0 Å². The molecule has 0 heterocycles. The van der Waals surface area contributed by atoms with E-state index in [0.29, 0.717) is 23.8 Å². The highest BCUT2D eigenvalue weighted by molar-refractivity contribution is 5.73. The number of nitrogens with two attached hydrogens (primary N) is 2. The van der Waals surface area contributed by atoms with E-state index in [4.69, 9.17) is 5.73 Å². The maximum absolute atomic E-state index is 9.74. The second kappa shape index (κ2) is 11.4. The van der Waals surface area contributed by atoms with Gasteiger partial charge in [0.2, 0.25) is 5.91 Å². The summed E-state index contributed by atoms with van der Waals surface area (Å²) in [6.45, 7) is 13.2. The number of primary amides is 1. The average Bonchev–Trinajstić information content (AvgIpc) is 3.10. The summed E-state index contributed by atoms with van der Waals surface area (Å²) in [6.07, 6.45) is 20.2. The Balaban J connectivity index is 0.000000454. The first-order valence-corrected chi connectivity index (χ1v) is 14.6. The lowest BCUT2D eigenvalue weighted by Crippen LogP contribution is -2.53. The van der Waals surface area contributed by atoms with Crippen LogP contribution in [0.1, 0.15) is 125 Å². The number of carbonyl (C=O) groups excluding carboxylic acids is 1. The first kappa shape index (κ1) is 27.0. The van der Waals surface area contributed by atoms with E-state index in [1.54, 1.807) is 51.4 Å². The van der Waals surface area contributed by atoms with E-state index < -0.39 is 0 Å². The Morgan fingerprint density at radius 1 is 0.879 bits per heavy atom. The van der Waals surface area contributed by atoms with Gasteiger partial charge in [0.1, 0.15) is 0 Å². The third-order valence-corrected chi connectivity index (χ3v) is 11.2. The molecule has 3 nitrogen and oxygen atoms in total. The number of hydrogen-bond acceptors (Lipinski definition) is 2. The van der Waals surface area contributed by atoms with Crippen LogP contribution in [0.4, 0.5) is 0 Å². The lowest BCUT2D eigenvalue weighted by molar-refractivity contribution is -0.117. The van der Waals surface area contributed by atoms with Crippen molar-refractivity contribution in [2.24, 2.45) is 63.7 Å². The van der Waals surface area contributed by atoms with Crippen LogP contribution in [0, 0.1) is 52.3 Å². The van der Waals surface area contributed by atoms with Crippen LogP contribution in [0.25, 0.3) is 0 Å². The van der Waals surface area contributed by atoms with E-state index in [0.717, 1.165) is 41.4 Å². The number of hydrogen-bond donors (Lipinski definition) is 2. The minimum atomic E-state index is -0.336. The molecule has 0 aromatic heterocycles. The van der Waals surface area contributed by atoms with E-state index in [9.17, 15) is 4.79 Å². The summed E-state index contributed by atoms with van der Waals surface area (Å²) in [6, 6.07) is 0. The van der Waals surface area contributed by atoms with Crippen molar-refractivity contribution in [3.63, 3.8) is 0 Å². The molecule has 4 N–H and O–H groups in total. The molecule has 3 heteroatoms. The molecule has 0 saturated heterocycles. The van der Waals surface area contributed by atoms with Gasteiger partial charge in [-0.2, -0.15) is 0 Å². The molecule has 4 rings (SSSR count). The SMILES string of the molecule is CC(C)CCC[C@@H](C)[C@H]1CC[C@H]2[C@@H]3CCC4CCCC[C@]4(C)[C@H]3CC[C@]12C.NCCC(N)=O. The molecule has 0 radical (unpaired) electrons. The lowest BCUT2D eigenvalue weighted by Gasteiger charge is -2.61. The van der Waals surface area contributed by atoms with Gasteiger partial charge in [0, 0.05) is 13.0 Å². The summed E-state index contributed by atoms with van der Waals surface area (Å²) >= 11 is 0. The molecule has 4 fully saturated rings. The maximum atomic E-state index is 9.74. The zero-order valence-corrected chi connectivity index (χ0v) is 22.7. The predicted octanol–water partition coefficient (Wildman–Crippen LogP) is 7.32. The molecular weight excluding hydrogens is 404 g/mol. The molecule has 4 aliphatic carbocycles. The maximum Gasteiger partial charge on any atom is 0.218 e. The van der Waals surface area contributed by atoms with Crippen LogP contribution in [0.2, 0.25) is 0 Å². The molecule has 4 aliphatic rings. The van der Waals surface area contributed by atoms with Crippen molar-refractivity contribution in [1.29, 1.82) is 0 Å². The fourth-order valence-corrected chi connectivity index (χ4v) is 9.46. The molecule has 0 aliphatic heterocycles. The summed E-state index contributed by atoms with van der Waals surface area (Å²) < 4.78 is 0. The van der Waals surface area contributed by atoms with Crippen LogP contribution in [0.15, 0.2) is 0 Å². The molecule has 4 saturated carbocycles. The van der Waals surface area contributed by atoms with Crippen molar-refractivity contribution in [3.05, 3.63) is 0 Å². The zero-order chi connectivity index (χ0) is 24.2. The Morgan fingerprint density at radius 2 is 1.61 bits per heavy atom. The van der Waals surface area contributed by atoms with Gasteiger partial charge in [-0.3, -0.25) is 4.79 Å². The molecule has 0 bridgehead atoms. The van der Waals surface area contributed by atoms with Crippen LogP contribution in [-0.4, -0.2) is 12.5 Å². The van der Waals surface area contributed by atoms with Crippen molar-refractivity contribution < 1.29 is 4.79 Å². The van der Waals surface area contributed by atoms with Crippen LogP contribution in [0.3, 0.4) is 0 Å². The summed E-state index contributed by atoms with van der Waals surface area (Å²) in [4.78, 5) is 9.74. The number of rotatable bonds is 7. The molecule has 0 aromatic rings. The van der Waals surface area contributed by atoms with Gasteiger partial charge in [-0.1, -0.05) is 66.7 Å². The Hall–Kier alpha value is -0.570. The van der Waals surface area contributed by atoms with Crippen LogP contribution >= 0.6 is 0 Å². The Labute approximate surface area is 205 Å². The zero-order valence-electron chi connectivity index (χ0n) is 22.7. The highest BCUT2D eigenvalue weighted by Gasteiger charge is 2.59. The second-order valence-corrected chi connectivity index (χ2v) is 13.4. The molecule has 8 atom stereocenters. The van der Waals surface area contributed by atoms with Gasteiger partial charge >= 0.3 is 0 Å². The highest BCUT2D eigenvalue weighted by atomic mass is 16.1. The molecule has 0 spiro atoms. The molecule has 1 amide bonds. The summed E-state index contributed by atoms with van der Waals surface area (Å²) in [5.74, 6) is 6.81. The Bertz CT molecular complexity index is 633. The van der Waals surface area contributed by atoms with Crippen molar-refractivity contribution in [2.45, 2.75) is 125 Å². The van der Waals surface area contributed by atoms with Crippen molar-refractivity contribution >= 4 is 5.91 Å². The minimum Gasteiger partial charge on any atom is -0.370 e. The normalized spacial score (nSPS) is 40.8. The molecular formula is C30H56N2O. The van der Waals surface area contributed by atoms with Crippen LogP contribution in [-0.2, 0) is 4.79 Å². The number of carbonyl (C=O) groups is 1. The smallest absolute Gasteiger partial charge is 0.218 e. The van der Waals surface area contributed by atoms with Crippen LogP contribution in [0.5, 0.6) is 0 Å². The van der Waals surface area contributed by atoms with E-state index in [1.165, 1.54) is 32.1 Å². The van der Waals surface area contributed by atoms with Crippen molar-refractivity contribution in [3.8, 4) is 0 Å². The first-order valence-electron chi connectivity index (χ1n) is 14.6. The monoisotopic (exact) mass is 460 g/mol. The Kier molecular flexibility index (Phi) is 9.37. The van der Waals surface area contributed by atoms with E-state index in [1.807, 2.05) is 0 Å². The minimum absolute atomic E-state index is 0.292. The quantitative estimate of drug-likeness (QED) is 0.418. The largest absolute Gasteiger partial charge is 0.370 e. The fraction of sp³-hybridized carbons (Fsp3) is 0.967. The van der Waals surface area contributed by atoms with E-state index in [-0.39, 0.29) is 5.91 Å². The van der Waals surface area contributed by atoms with E-state index >= 15 is 0 Å². The third-order valence-electron chi connectivity index (χ3n) is 11.2. The highest BCUT2D eigenvalue weighted by Crippen LogP contribution is 2.68. The second-order valence-electron chi connectivity index (χ2n) is 13.4. The van der Waals surface area contributed by atoms with Crippen molar-refractivity contribution in [2.75, 3.05) is 6.54 Å². The standard InChI is InChI=1S/C27H48.C3H8N2O/c1-19(2)9-8-10-20(3)23-14-15-24-22-13-12-21-11-6-7-17-26(21,4)25(22)16-18-27(23,24)5;4-2-1-3(5)6/h19-25H,6-18H2,1-5H3;1-2,4H2,(H2,5,6)/t20-,21?,22+,23-,24+,25+,26+,27-;/m1./s1. The molecule has 0 aromatic carbocycles. The summed E-state index contributed by atoms with van der Waals surface area (Å²) in [7, 11) is 0. The molecule has 192 valence electrons. The number of fused-ring (bicyclic) bond motifs is 5. The van der Waals surface area contributed by atoms with Gasteiger partial charge in [-0.25, -0.2) is 0 Å². The van der Waals surface area contributed by atoms with Gasteiger partial charge in [-0.15, -0.1) is 0 Å². The topological polar surface area (TPSA) is 69.1 Å². The fourth-order valence-electron chi connectivity index (χ4n) is 9.46. The Morgan fingerprint density at radius 3 is 2.24 bits per heavy atom. The molecule has 1 unspecified atom stereocenters. The molecule has 33 heavy (non-hydrogen) atoms. The van der Waals surface area contributed by atoms with Gasteiger partial charge in [-0.05, 0) is 104 Å². The van der Waals surface area contributed by atoms with Gasteiger partial charge in [0.15, 0.2) is 0 Å². The van der Waals surface area contributed by atoms with Crippen molar-refractivity contribution in [1.82, 2.24) is 0 Å². The average molecular weight is 461 g/mol. The third kappa shape index (κ3) is 5.81. The first-order chi connectivity index (χ1) is 15.6. The lowest BCUT2D eigenvalue weighted by atomic mass is 9.44. The summed E-state index contributed by atoms with van der Waals surface area (Å²) in [5, 5.41) is 0. The van der Waals surface area contributed by atoms with Gasteiger partial charge in [0.05, 0.1) is 0 Å². The number of amides is 1. The summed E-state index contributed by atoms with van der Waals surface area (Å²) in [5.41, 5.74) is 11.0. The van der Waals surface area contributed by atoms with Crippen LogP contribution < -0.4 is 11.5 Å². The van der Waals surface area contributed by atoms with E-state index in [2.05, 4.69) is 40.4 Å².